The number of carbonyl (C=O) groups excluding carboxylic acids is 1. The Balaban J connectivity index is 2.04. The number of hydrogen-bond donors (Lipinski definition) is 2. The summed E-state index contributed by atoms with van der Waals surface area (Å²) in [5.74, 6) is -0.946. The third-order valence-electron chi connectivity index (χ3n) is 2.72. The van der Waals surface area contributed by atoms with Crippen LogP contribution >= 0.6 is 27.3 Å². The van der Waals surface area contributed by atoms with E-state index < -0.39 is 11.7 Å². The molecule has 2 N–H and O–H groups in total. The molecule has 4 nitrogen and oxygen atoms in total. The number of nitrogens with one attached hydrogen (secondary N) is 2. The first-order valence-corrected chi connectivity index (χ1v) is 8.18. The second-order valence-corrected chi connectivity index (χ2v) is 6.27. The quantitative estimate of drug-likeness (QED) is 0.811. The van der Waals surface area contributed by atoms with Crippen molar-refractivity contribution >= 4 is 39.0 Å². The van der Waals surface area contributed by atoms with Crippen LogP contribution in [0.4, 0.5) is 10.2 Å². The zero-order chi connectivity index (χ0) is 15.2. The summed E-state index contributed by atoms with van der Waals surface area (Å²) >= 11 is 4.88. The van der Waals surface area contributed by atoms with Crippen molar-refractivity contribution in [3.8, 4) is 0 Å². The van der Waals surface area contributed by atoms with E-state index in [4.69, 9.17) is 0 Å². The summed E-state index contributed by atoms with van der Waals surface area (Å²) in [7, 11) is 0. The number of anilines is 1. The molecule has 0 aliphatic carbocycles. The van der Waals surface area contributed by atoms with Crippen LogP contribution in [0.25, 0.3) is 0 Å². The monoisotopic (exact) mass is 371 g/mol. The third-order valence-corrected chi connectivity index (χ3v) is 4.42. The number of rotatable bonds is 6. The summed E-state index contributed by atoms with van der Waals surface area (Å²) in [6, 6.07) is 3.30. The molecule has 2 aromatic rings. The second-order valence-electron chi connectivity index (χ2n) is 4.36. The highest BCUT2D eigenvalue weighted by Gasteiger charge is 2.15. The highest BCUT2D eigenvalue weighted by molar-refractivity contribution is 9.10. The summed E-state index contributed by atoms with van der Waals surface area (Å²) in [4.78, 5) is 17.0. The molecule has 0 radical (unpaired) electrons. The van der Waals surface area contributed by atoms with E-state index in [1.807, 2.05) is 18.4 Å². The number of nitrogens with zero attached hydrogens (tertiary/aromatic N) is 1. The number of carbonyl (C=O) groups is 1. The number of halogens is 2. The maximum absolute atomic E-state index is 14.2. The van der Waals surface area contributed by atoms with E-state index in [1.165, 1.54) is 23.6 Å². The van der Waals surface area contributed by atoms with Gasteiger partial charge in [0, 0.05) is 27.5 Å². The van der Waals surface area contributed by atoms with E-state index in [0.717, 1.165) is 15.8 Å². The SMILES string of the molecule is CCCNc1nccc(C(=O)NCc2cc(Br)cs2)c1F. The van der Waals surface area contributed by atoms with Crippen LogP contribution in [0, 0.1) is 5.82 Å². The largest absolute Gasteiger partial charge is 0.368 e. The van der Waals surface area contributed by atoms with Crippen molar-refractivity contribution in [3.63, 3.8) is 0 Å². The molecular weight excluding hydrogens is 357 g/mol. The lowest BCUT2D eigenvalue weighted by atomic mass is 10.2. The fraction of sp³-hybridized carbons (Fsp3) is 0.286. The molecule has 2 rings (SSSR count). The van der Waals surface area contributed by atoms with Crippen molar-refractivity contribution in [1.82, 2.24) is 10.3 Å². The molecule has 112 valence electrons. The number of pyridine rings is 1. The molecule has 1 amide bonds. The second kappa shape index (κ2) is 7.51. The molecule has 0 saturated heterocycles. The Labute approximate surface area is 134 Å². The maximum Gasteiger partial charge on any atom is 0.254 e. The van der Waals surface area contributed by atoms with Gasteiger partial charge in [0.1, 0.15) is 0 Å². The zero-order valence-corrected chi connectivity index (χ0v) is 13.9. The summed E-state index contributed by atoms with van der Waals surface area (Å²) in [5, 5.41) is 7.50. The van der Waals surface area contributed by atoms with Crippen LogP contribution in [-0.2, 0) is 6.54 Å². The van der Waals surface area contributed by atoms with E-state index >= 15 is 0 Å². The smallest absolute Gasteiger partial charge is 0.254 e. The van der Waals surface area contributed by atoms with Crippen LogP contribution in [0.5, 0.6) is 0 Å². The van der Waals surface area contributed by atoms with E-state index in [9.17, 15) is 9.18 Å². The average molecular weight is 372 g/mol. The van der Waals surface area contributed by atoms with Crippen LogP contribution in [0.1, 0.15) is 28.6 Å². The number of aromatic nitrogens is 1. The standard InChI is InChI=1S/C14H15BrFN3OS/c1-2-4-17-13-12(16)11(3-5-18-13)14(20)19-7-10-6-9(15)8-21-10/h3,5-6,8H,2,4,7H2,1H3,(H,17,18)(H,19,20). The van der Waals surface area contributed by atoms with Gasteiger partial charge in [-0.2, -0.15) is 0 Å². The van der Waals surface area contributed by atoms with Crippen LogP contribution < -0.4 is 10.6 Å². The molecule has 0 aliphatic heterocycles. The molecule has 21 heavy (non-hydrogen) atoms. The summed E-state index contributed by atoms with van der Waals surface area (Å²) in [6.07, 6.45) is 2.28. The van der Waals surface area contributed by atoms with Crippen LogP contribution in [0.15, 0.2) is 28.2 Å². The predicted octanol–water partition coefficient (Wildman–Crippen LogP) is 3.80. The minimum Gasteiger partial charge on any atom is -0.368 e. The van der Waals surface area contributed by atoms with Gasteiger partial charge in [0.2, 0.25) is 0 Å². The highest BCUT2D eigenvalue weighted by atomic mass is 79.9. The number of amides is 1. The van der Waals surface area contributed by atoms with Crippen LogP contribution in [0.2, 0.25) is 0 Å². The maximum atomic E-state index is 14.2. The molecule has 2 heterocycles. The lowest BCUT2D eigenvalue weighted by Gasteiger charge is -2.09. The van der Waals surface area contributed by atoms with Crippen molar-refractivity contribution in [1.29, 1.82) is 0 Å². The highest BCUT2D eigenvalue weighted by Crippen LogP contribution is 2.20. The Bertz CT molecular complexity index is 632. The average Bonchev–Trinajstić information content (AvgIpc) is 2.89. The Kier molecular flexibility index (Phi) is 5.69. The van der Waals surface area contributed by atoms with Crippen LogP contribution in [0.3, 0.4) is 0 Å². The first kappa shape index (κ1) is 15.9. The fourth-order valence-electron chi connectivity index (χ4n) is 1.69. The molecular formula is C14H15BrFN3OS. The van der Waals surface area contributed by atoms with Crippen molar-refractivity contribution < 1.29 is 9.18 Å². The topological polar surface area (TPSA) is 54.0 Å². The minimum absolute atomic E-state index is 0.000718. The van der Waals surface area contributed by atoms with Crippen molar-refractivity contribution in [2.45, 2.75) is 19.9 Å². The molecule has 2 aromatic heterocycles. The Morgan fingerprint density at radius 1 is 1.52 bits per heavy atom. The van der Waals surface area contributed by atoms with E-state index in [2.05, 4.69) is 31.5 Å². The molecule has 0 fully saturated rings. The lowest BCUT2D eigenvalue weighted by Crippen LogP contribution is -2.24. The number of thiophene rings is 1. The summed E-state index contributed by atoms with van der Waals surface area (Å²) < 4.78 is 15.2. The molecule has 0 atom stereocenters. The molecule has 0 saturated carbocycles. The molecule has 0 aromatic carbocycles. The predicted molar refractivity (Wildman–Crippen MR) is 86.2 cm³/mol. The van der Waals surface area contributed by atoms with Gasteiger partial charge in [0.05, 0.1) is 12.1 Å². The fourth-order valence-corrected chi connectivity index (χ4v) is 3.09. The van der Waals surface area contributed by atoms with Gasteiger partial charge >= 0.3 is 0 Å². The third kappa shape index (κ3) is 4.25. The molecule has 0 unspecified atom stereocenters. The lowest BCUT2D eigenvalue weighted by molar-refractivity contribution is 0.0947. The first-order valence-electron chi connectivity index (χ1n) is 6.51. The summed E-state index contributed by atoms with van der Waals surface area (Å²) in [6.45, 7) is 2.95. The van der Waals surface area contributed by atoms with Crippen molar-refractivity contribution in [3.05, 3.63) is 44.4 Å². The van der Waals surface area contributed by atoms with Gasteiger partial charge in [-0.25, -0.2) is 9.37 Å². The van der Waals surface area contributed by atoms with Crippen molar-refractivity contribution in [2.75, 3.05) is 11.9 Å². The Hall–Kier alpha value is -1.47. The summed E-state index contributed by atoms with van der Waals surface area (Å²) in [5.41, 5.74) is -0.000718. The first-order chi connectivity index (χ1) is 10.1. The van der Waals surface area contributed by atoms with Gasteiger partial charge in [-0.05, 0) is 34.5 Å². The van der Waals surface area contributed by atoms with Gasteiger partial charge < -0.3 is 10.6 Å². The van der Waals surface area contributed by atoms with E-state index in [-0.39, 0.29) is 11.4 Å². The van der Waals surface area contributed by atoms with Gasteiger partial charge in [0.15, 0.2) is 11.6 Å². The van der Waals surface area contributed by atoms with Crippen molar-refractivity contribution in [2.24, 2.45) is 0 Å². The van der Waals surface area contributed by atoms with Gasteiger partial charge in [-0.3, -0.25) is 4.79 Å². The molecule has 0 spiro atoms. The molecule has 0 bridgehead atoms. The Morgan fingerprint density at radius 3 is 3.00 bits per heavy atom. The Morgan fingerprint density at radius 2 is 2.33 bits per heavy atom. The van der Waals surface area contributed by atoms with Gasteiger partial charge in [0.25, 0.3) is 5.91 Å². The minimum atomic E-state index is -0.615. The number of hydrogen-bond acceptors (Lipinski definition) is 4. The molecule has 0 aliphatic rings. The van der Waals surface area contributed by atoms with Crippen LogP contribution in [-0.4, -0.2) is 17.4 Å². The van der Waals surface area contributed by atoms with E-state index in [1.54, 1.807) is 0 Å². The molecule has 7 heteroatoms. The van der Waals surface area contributed by atoms with Gasteiger partial charge in [-0.1, -0.05) is 6.92 Å². The normalized spacial score (nSPS) is 10.4. The zero-order valence-electron chi connectivity index (χ0n) is 11.5. The van der Waals surface area contributed by atoms with E-state index in [0.29, 0.717) is 13.1 Å². The van der Waals surface area contributed by atoms with Gasteiger partial charge in [-0.15, -0.1) is 11.3 Å².